The van der Waals surface area contributed by atoms with Crippen molar-refractivity contribution in [1.82, 2.24) is 0 Å². The third kappa shape index (κ3) is 3.69. The highest BCUT2D eigenvalue weighted by atomic mass is 16.6. The molecular formula is C26H25N3O4. The second-order valence-electron chi connectivity index (χ2n) is 8.90. The number of benzene rings is 3. The van der Waals surface area contributed by atoms with E-state index in [0.29, 0.717) is 18.7 Å². The lowest BCUT2D eigenvalue weighted by Gasteiger charge is -2.44. The number of rotatable bonds is 4. The second kappa shape index (κ2) is 7.92. The van der Waals surface area contributed by atoms with Crippen LogP contribution in [0.5, 0.6) is 0 Å². The zero-order chi connectivity index (χ0) is 23.3. The van der Waals surface area contributed by atoms with Crippen molar-refractivity contribution in [2.75, 3.05) is 16.5 Å². The van der Waals surface area contributed by atoms with Crippen molar-refractivity contribution in [3.63, 3.8) is 0 Å². The third-order valence-corrected chi connectivity index (χ3v) is 6.22. The zero-order valence-corrected chi connectivity index (χ0v) is 18.9. The molecule has 2 heterocycles. The van der Waals surface area contributed by atoms with Gasteiger partial charge < -0.3 is 14.5 Å². The van der Waals surface area contributed by atoms with Crippen LogP contribution in [0, 0.1) is 17.0 Å². The van der Waals surface area contributed by atoms with Crippen LogP contribution in [0.15, 0.2) is 54.6 Å². The fourth-order valence-electron chi connectivity index (χ4n) is 4.84. The van der Waals surface area contributed by atoms with E-state index < -0.39 is 0 Å². The van der Waals surface area contributed by atoms with Gasteiger partial charge in [-0.25, -0.2) is 4.79 Å². The first-order chi connectivity index (χ1) is 15.8. The van der Waals surface area contributed by atoms with Gasteiger partial charge >= 0.3 is 5.97 Å². The summed E-state index contributed by atoms with van der Waals surface area (Å²) in [7, 11) is 0. The number of non-ortho nitro benzene ring substituents is 1. The quantitative estimate of drug-likeness (QED) is 0.304. The molecule has 5 rings (SSSR count). The normalized spacial score (nSPS) is 14.1. The Bertz CT molecular complexity index is 1280. The van der Waals surface area contributed by atoms with Gasteiger partial charge in [-0.05, 0) is 67.3 Å². The lowest BCUT2D eigenvalue weighted by molar-refractivity contribution is -0.384. The summed E-state index contributed by atoms with van der Waals surface area (Å²) in [5.74, 6) is -0.318. The Labute approximate surface area is 192 Å². The molecule has 7 nitrogen and oxygen atoms in total. The monoisotopic (exact) mass is 443 g/mol. The smallest absolute Gasteiger partial charge is 0.339 e. The van der Waals surface area contributed by atoms with Crippen molar-refractivity contribution in [1.29, 1.82) is 0 Å². The van der Waals surface area contributed by atoms with E-state index in [4.69, 9.17) is 4.74 Å². The van der Waals surface area contributed by atoms with Crippen molar-refractivity contribution in [2.45, 2.75) is 40.0 Å². The lowest BCUT2D eigenvalue weighted by atomic mass is 9.92. The zero-order valence-electron chi connectivity index (χ0n) is 18.9. The van der Waals surface area contributed by atoms with Crippen LogP contribution in [0.3, 0.4) is 0 Å². The number of carbonyl (C=O) groups excluding carboxylic acids is 1. The number of hydrogen-bond acceptors (Lipinski definition) is 6. The highest BCUT2D eigenvalue weighted by Crippen LogP contribution is 2.41. The van der Waals surface area contributed by atoms with Gasteiger partial charge in [0.05, 0.1) is 23.3 Å². The van der Waals surface area contributed by atoms with Gasteiger partial charge in [0, 0.05) is 42.2 Å². The summed E-state index contributed by atoms with van der Waals surface area (Å²) < 4.78 is 5.49. The maximum absolute atomic E-state index is 12.8. The van der Waals surface area contributed by atoms with Crippen LogP contribution in [0.25, 0.3) is 11.1 Å². The molecule has 0 amide bonds. The molecule has 2 aliphatic heterocycles. The number of anilines is 2. The molecule has 0 aromatic heterocycles. The van der Waals surface area contributed by atoms with E-state index in [0.717, 1.165) is 45.9 Å². The van der Waals surface area contributed by atoms with E-state index in [1.54, 1.807) is 12.1 Å². The predicted molar refractivity (Wildman–Crippen MR) is 127 cm³/mol. The number of nitro benzene ring substituents is 1. The summed E-state index contributed by atoms with van der Waals surface area (Å²) in [5.41, 5.74) is 7.85. The lowest BCUT2D eigenvalue weighted by Crippen LogP contribution is -2.46. The van der Waals surface area contributed by atoms with Crippen molar-refractivity contribution in [2.24, 2.45) is 0 Å². The van der Waals surface area contributed by atoms with E-state index in [9.17, 15) is 14.9 Å². The first-order valence-electron chi connectivity index (χ1n) is 11.0. The molecule has 0 saturated heterocycles. The highest BCUT2D eigenvalue weighted by Gasteiger charge is 2.31. The van der Waals surface area contributed by atoms with Gasteiger partial charge in [-0.15, -0.1) is 0 Å². The first kappa shape index (κ1) is 21.0. The Morgan fingerprint density at radius 3 is 2.33 bits per heavy atom. The molecule has 7 heteroatoms. The molecule has 2 bridgehead atoms. The number of carbonyl (C=O) groups is 1. The number of nitro groups is 1. The van der Waals surface area contributed by atoms with E-state index in [2.05, 4.69) is 21.9 Å². The van der Waals surface area contributed by atoms with Gasteiger partial charge in [0.15, 0.2) is 0 Å². The van der Waals surface area contributed by atoms with Crippen LogP contribution < -0.4 is 9.80 Å². The molecular weight excluding hydrogens is 418 g/mol. The van der Waals surface area contributed by atoms with Gasteiger partial charge in [-0.1, -0.05) is 18.2 Å². The topological polar surface area (TPSA) is 75.9 Å². The minimum Gasteiger partial charge on any atom is -0.459 e. The second-order valence-corrected chi connectivity index (χ2v) is 8.90. The van der Waals surface area contributed by atoms with Crippen molar-refractivity contribution in [3.05, 3.63) is 87.0 Å². The molecule has 0 spiro atoms. The molecule has 0 atom stereocenters. The van der Waals surface area contributed by atoms with Crippen LogP contribution in [-0.2, 0) is 17.8 Å². The van der Waals surface area contributed by atoms with Crippen molar-refractivity contribution in [3.8, 4) is 11.1 Å². The number of fused-ring (bicyclic) bond motifs is 6. The average Bonchev–Trinajstić information content (AvgIpc) is 2.77. The SMILES string of the molecule is Cc1cccc(C(=O)OC(C)C)c1-c1ccc2c(c1)CN1CN2Cc2cc([N+](=O)[O-])ccc21. The molecule has 0 radical (unpaired) electrons. The molecule has 33 heavy (non-hydrogen) atoms. The molecule has 0 N–H and O–H groups in total. The fourth-order valence-corrected chi connectivity index (χ4v) is 4.84. The van der Waals surface area contributed by atoms with Gasteiger partial charge in [0.1, 0.15) is 0 Å². The van der Waals surface area contributed by atoms with E-state index in [1.807, 2.05) is 51.1 Å². The van der Waals surface area contributed by atoms with Crippen LogP contribution in [0.1, 0.15) is 40.9 Å². The molecule has 0 fully saturated rings. The van der Waals surface area contributed by atoms with Crippen LogP contribution >= 0.6 is 0 Å². The number of aryl methyl sites for hydroxylation is 1. The van der Waals surface area contributed by atoms with Gasteiger partial charge in [0.25, 0.3) is 5.69 Å². The maximum atomic E-state index is 12.8. The number of ether oxygens (including phenoxy) is 1. The Kier molecular flexibility index (Phi) is 5.04. The van der Waals surface area contributed by atoms with Gasteiger partial charge in [-0.2, -0.15) is 0 Å². The summed E-state index contributed by atoms with van der Waals surface area (Å²) in [6.45, 7) is 7.76. The molecule has 0 aliphatic carbocycles. The molecule has 0 saturated carbocycles. The number of nitrogens with zero attached hydrogens (tertiary/aromatic N) is 3. The minimum absolute atomic E-state index is 0.118. The van der Waals surface area contributed by atoms with Crippen LogP contribution in [-0.4, -0.2) is 23.7 Å². The Balaban J connectivity index is 1.53. The summed E-state index contributed by atoms with van der Waals surface area (Å²) in [6.07, 6.45) is -0.190. The Morgan fingerprint density at radius 2 is 1.67 bits per heavy atom. The van der Waals surface area contributed by atoms with Crippen LogP contribution in [0.4, 0.5) is 17.1 Å². The number of esters is 1. The minimum atomic E-state index is -0.348. The average molecular weight is 444 g/mol. The van der Waals surface area contributed by atoms with Gasteiger partial charge in [-0.3, -0.25) is 10.1 Å². The standard InChI is InChI=1S/C26H25N3O4/c1-16(2)33-26(30)22-6-4-5-17(3)25(22)18-7-9-23-19(11-18)13-27-15-28(23)14-20-12-21(29(31)32)8-10-24(20)27/h4-12,16H,13-15H2,1-3H3. The van der Waals surface area contributed by atoms with E-state index >= 15 is 0 Å². The summed E-state index contributed by atoms with van der Waals surface area (Å²) in [4.78, 5) is 28.1. The van der Waals surface area contributed by atoms with Crippen LogP contribution in [0.2, 0.25) is 0 Å². The molecule has 3 aromatic carbocycles. The Hall–Kier alpha value is -3.87. The van der Waals surface area contributed by atoms with Crippen molar-refractivity contribution >= 4 is 23.0 Å². The molecule has 2 aliphatic rings. The third-order valence-electron chi connectivity index (χ3n) is 6.22. The highest BCUT2D eigenvalue weighted by molar-refractivity contribution is 5.98. The summed E-state index contributed by atoms with van der Waals surface area (Å²) >= 11 is 0. The maximum Gasteiger partial charge on any atom is 0.339 e. The molecule has 3 aromatic rings. The first-order valence-corrected chi connectivity index (χ1v) is 11.0. The molecule has 0 unspecified atom stereocenters. The van der Waals surface area contributed by atoms with E-state index in [1.165, 1.54) is 0 Å². The predicted octanol–water partition coefficient (Wildman–Crippen LogP) is 5.43. The largest absolute Gasteiger partial charge is 0.459 e. The molecule has 168 valence electrons. The number of hydrogen-bond donors (Lipinski definition) is 0. The summed E-state index contributed by atoms with van der Waals surface area (Å²) in [6, 6.07) is 17.1. The van der Waals surface area contributed by atoms with Crippen molar-refractivity contribution < 1.29 is 14.5 Å². The summed E-state index contributed by atoms with van der Waals surface area (Å²) in [5, 5.41) is 11.2. The van der Waals surface area contributed by atoms with E-state index in [-0.39, 0.29) is 22.7 Å². The Morgan fingerprint density at radius 1 is 1.00 bits per heavy atom. The fraction of sp³-hybridized carbons (Fsp3) is 0.269. The van der Waals surface area contributed by atoms with Gasteiger partial charge in [0.2, 0.25) is 0 Å².